The number of anilines is 1. The maximum atomic E-state index is 13.8. The fourth-order valence-corrected chi connectivity index (χ4v) is 5.76. The van der Waals surface area contributed by atoms with Gasteiger partial charge in [-0.1, -0.05) is 18.2 Å². The van der Waals surface area contributed by atoms with Gasteiger partial charge in [-0.2, -0.15) is 0 Å². The number of hydrogen-bond acceptors (Lipinski definition) is 4. The molecule has 0 unspecified atom stereocenters. The average molecular weight is 466 g/mol. The Morgan fingerprint density at radius 1 is 0.912 bits per heavy atom. The lowest BCUT2D eigenvalue weighted by Gasteiger charge is -2.30. The zero-order chi connectivity index (χ0) is 24.5. The molecule has 34 heavy (non-hydrogen) atoms. The largest absolute Gasteiger partial charge is 0.573 e. The Labute approximate surface area is 194 Å². The summed E-state index contributed by atoms with van der Waals surface area (Å²) in [6.07, 6.45) is -1.66. The van der Waals surface area contributed by atoms with Gasteiger partial charge in [-0.05, 0) is 79.4 Å². The standard InChI is InChI=1S/C26H21F3N2O3/c1-15-12-16(2)14-19(13-15)31-22(32)21-24(3,23(31)33)25(21,18-8-10-30-11-9-18)17-4-6-20(7-5-17)34-26(27,28)29/h4-14,21H,1-3H3/t21-,24-,25+/m1/s1. The Hall–Kier alpha value is -3.68. The normalized spacial score (nSPS) is 25.9. The third kappa shape index (κ3) is 2.97. The van der Waals surface area contributed by atoms with Gasteiger partial charge in [0.25, 0.3) is 0 Å². The first-order chi connectivity index (χ1) is 16.0. The smallest absolute Gasteiger partial charge is 0.406 e. The van der Waals surface area contributed by atoms with Crippen molar-refractivity contribution in [3.05, 3.63) is 89.2 Å². The van der Waals surface area contributed by atoms with E-state index in [1.54, 1.807) is 43.6 Å². The molecule has 2 aliphatic rings. The third-order valence-corrected chi connectivity index (χ3v) is 7.00. The van der Waals surface area contributed by atoms with Crippen LogP contribution in [0.15, 0.2) is 67.0 Å². The van der Waals surface area contributed by atoms with E-state index in [1.807, 2.05) is 19.9 Å². The first-order valence-electron chi connectivity index (χ1n) is 10.7. The average Bonchev–Trinajstić information content (AvgIpc) is 3.28. The number of hydrogen-bond donors (Lipinski definition) is 0. The van der Waals surface area contributed by atoms with Crippen LogP contribution in [0.2, 0.25) is 0 Å². The van der Waals surface area contributed by atoms with Crippen LogP contribution >= 0.6 is 0 Å². The molecular formula is C26H21F3N2O3. The van der Waals surface area contributed by atoms with Gasteiger partial charge < -0.3 is 4.74 Å². The van der Waals surface area contributed by atoms with Crippen molar-refractivity contribution in [1.29, 1.82) is 0 Å². The number of piperidine rings is 1. The van der Waals surface area contributed by atoms with Crippen LogP contribution in [0.5, 0.6) is 5.75 Å². The summed E-state index contributed by atoms with van der Waals surface area (Å²) in [6.45, 7) is 5.55. The van der Waals surface area contributed by atoms with E-state index in [2.05, 4.69) is 9.72 Å². The molecule has 3 aromatic rings. The van der Waals surface area contributed by atoms with E-state index in [1.165, 1.54) is 29.2 Å². The SMILES string of the molecule is Cc1cc(C)cc(N2C(=O)[C@H]3[C@@](c4ccncc4)(c4ccc(OC(F)(F)F)cc4)[C@@]3(C)C2=O)c1. The molecule has 3 atom stereocenters. The highest BCUT2D eigenvalue weighted by molar-refractivity contribution is 6.29. The number of pyridine rings is 1. The summed E-state index contributed by atoms with van der Waals surface area (Å²) < 4.78 is 41.9. The number of imide groups is 1. The minimum absolute atomic E-state index is 0.329. The Morgan fingerprint density at radius 3 is 1.97 bits per heavy atom. The number of halogens is 3. The summed E-state index contributed by atoms with van der Waals surface area (Å²) in [6, 6.07) is 14.4. The number of nitrogens with zero attached hydrogens (tertiary/aromatic N) is 2. The van der Waals surface area contributed by atoms with Gasteiger partial charge in [0, 0.05) is 17.8 Å². The van der Waals surface area contributed by atoms with E-state index in [-0.39, 0.29) is 17.6 Å². The molecule has 174 valence electrons. The number of rotatable bonds is 4. The van der Waals surface area contributed by atoms with E-state index in [9.17, 15) is 22.8 Å². The molecule has 2 aromatic carbocycles. The first-order valence-corrected chi connectivity index (χ1v) is 10.7. The molecule has 1 aliphatic heterocycles. The van der Waals surface area contributed by atoms with E-state index in [4.69, 9.17) is 0 Å². The predicted octanol–water partition coefficient (Wildman–Crippen LogP) is 5.09. The Bertz CT molecular complexity index is 1290. The maximum absolute atomic E-state index is 13.8. The molecule has 0 N–H and O–H groups in total. The van der Waals surface area contributed by atoms with Crippen molar-refractivity contribution in [1.82, 2.24) is 4.98 Å². The van der Waals surface area contributed by atoms with Crippen LogP contribution in [0, 0.1) is 25.2 Å². The summed E-state index contributed by atoms with van der Waals surface area (Å²) in [7, 11) is 0. The number of benzene rings is 2. The minimum atomic E-state index is -4.81. The molecular weight excluding hydrogens is 445 g/mol. The number of fused-ring (bicyclic) bond motifs is 1. The molecule has 8 heteroatoms. The quantitative estimate of drug-likeness (QED) is 0.503. The van der Waals surface area contributed by atoms with Crippen molar-refractivity contribution in [2.45, 2.75) is 32.5 Å². The summed E-state index contributed by atoms with van der Waals surface area (Å²) >= 11 is 0. The number of aromatic nitrogens is 1. The number of alkyl halides is 3. The third-order valence-electron chi connectivity index (χ3n) is 7.00. The molecule has 2 amide bonds. The highest BCUT2D eigenvalue weighted by atomic mass is 19.4. The van der Waals surface area contributed by atoms with Crippen LogP contribution in [0.25, 0.3) is 0 Å². The monoisotopic (exact) mass is 466 g/mol. The van der Waals surface area contributed by atoms with Gasteiger partial charge in [0.05, 0.1) is 17.0 Å². The van der Waals surface area contributed by atoms with Crippen LogP contribution in [-0.4, -0.2) is 23.2 Å². The molecule has 0 radical (unpaired) electrons. The fraction of sp³-hybridized carbons (Fsp3) is 0.269. The van der Waals surface area contributed by atoms with E-state index in [0.29, 0.717) is 16.8 Å². The summed E-state index contributed by atoms with van der Waals surface area (Å²) in [5.41, 5.74) is 1.55. The van der Waals surface area contributed by atoms with Crippen LogP contribution in [0.4, 0.5) is 18.9 Å². The van der Waals surface area contributed by atoms with Crippen molar-refractivity contribution >= 4 is 17.5 Å². The second-order valence-electron chi connectivity index (χ2n) is 9.08. The lowest BCUT2D eigenvalue weighted by molar-refractivity contribution is -0.274. The zero-order valence-corrected chi connectivity index (χ0v) is 18.7. The minimum Gasteiger partial charge on any atom is -0.406 e. The molecule has 5 nitrogen and oxygen atoms in total. The van der Waals surface area contributed by atoms with Gasteiger partial charge in [-0.3, -0.25) is 14.6 Å². The second kappa shape index (κ2) is 7.16. The Morgan fingerprint density at radius 2 is 1.47 bits per heavy atom. The molecule has 1 saturated carbocycles. The van der Waals surface area contributed by atoms with Crippen molar-refractivity contribution in [3.63, 3.8) is 0 Å². The van der Waals surface area contributed by atoms with Gasteiger partial charge in [0.2, 0.25) is 11.8 Å². The van der Waals surface area contributed by atoms with Crippen LogP contribution < -0.4 is 9.64 Å². The topological polar surface area (TPSA) is 59.5 Å². The van der Waals surface area contributed by atoms with Crippen molar-refractivity contribution in [2.75, 3.05) is 4.90 Å². The number of aryl methyl sites for hydroxylation is 2. The maximum Gasteiger partial charge on any atom is 0.573 e. The predicted molar refractivity (Wildman–Crippen MR) is 118 cm³/mol. The van der Waals surface area contributed by atoms with Gasteiger partial charge in [-0.15, -0.1) is 13.2 Å². The van der Waals surface area contributed by atoms with Gasteiger partial charge in [0.15, 0.2) is 0 Å². The second-order valence-corrected chi connectivity index (χ2v) is 9.08. The molecule has 5 rings (SSSR count). The lowest BCUT2D eigenvalue weighted by atomic mass is 9.79. The number of carbonyl (C=O) groups is 2. The zero-order valence-electron chi connectivity index (χ0n) is 18.7. The summed E-state index contributed by atoms with van der Waals surface area (Å²) in [5, 5.41) is 0. The molecule has 0 spiro atoms. The number of ether oxygens (including phenoxy) is 1. The fourth-order valence-electron chi connectivity index (χ4n) is 5.76. The van der Waals surface area contributed by atoms with E-state index < -0.39 is 23.1 Å². The van der Waals surface area contributed by atoms with Gasteiger partial charge in [0.1, 0.15) is 5.75 Å². The highest BCUT2D eigenvalue weighted by Gasteiger charge is 2.86. The molecule has 2 heterocycles. The van der Waals surface area contributed by atoms with Gasteiger partial charge in [-0.25, -0.2) is 4.90 Å². The Kier molecular flexibility index (Phi) is 4.66. The van der Waals surface area contributed by atoms with Crippen molar-refractivity contribution in [3.8, 4) is 5.75 Å². The lowest BCUT2D eigenvalue weighted by Crippen LogP contribution is -2.42. The number of amides is 2. The Balaban J connectivity index is 1.61. The van der Waals surface area contributed by atoms with Crippen LogP contribution in [-0.2, 0) is 15.0 Å². The van der Waals surface area contributed by atoms with Crippen molar-refractivity contribution in [2.24, 2.45) is 11.3 Å². The van der Waals surface area contributed by atoms with Crippen LogP contribution in [0.1, 0.15) is 29.2 Å². The number of carbonyl (C=O) groups excluding carboxylic acids is 2. The summed E-state index contributed by atoms with van der Waals surface area (Å²) in [5.74, 6) is -1.73. The molecule has 1 aromatic heterocycles. The summed E-state index contributed by atoms with van der Waals surface area (Å²) in [4.78, 5) is 32.8. The highest BCUT2D eigenvalue weighted by Crippen LogP contribution is 2.76. The molecule has 2 fully saturated rings. The van der Waals surface area contributed by atoms with Gasteiger partial charge >= 0.3 is 6.36 Å². The van der Waals surface area contributed by atoms with E-state index >= 15 is 0 Å². The van der Waals surface area contributed by atoms with Crippen molar-refractivity contribution < 1.29 is 27.5 Å². The molecule has 1 saturated heterocycles. The molecule has 1 aliphatic carbocycles. The first kappa shape index (κ1) is 22.1. The van der Waals surface area contributed by atoms with Crippen LogP contribution in [0.3, 0.4) is 0 Å². The molecule has 0 bridgehead atoms. The van der Waals surface area contributed by atoms with E-state index in [0.717, 1.165) is 11.1 Å².